The maximum absolute atomic E-state index is 2.35. The molecule has 0 saturated heterocycles. The van der Waals surface area contributed by atoms with Crippen LogP contribution in [0.25, 0.3) is 0 Å². The molecule has 1 radical (unpaired) electrons. The summed E-state index contributed by atoms with van der Waals surface area (Å²) in [6.07, 6.45) is 2.12. The summed E-state index contributed by atoms with van der Waals surface area (Å²) in [4.78, 5) is 0. The topological polar surface area (TPSA) is 0 Å². The van der Waals surface area contributed by atoms with Crippen LogP contribution in [0.2, 0.25) is 0 Å². The van der Waals surface area contributed by atoms with Crippen LogP contribution in [-0.4, -0.2) is 0 Å². The summed E-state index contributed by atoms with van der Waals surface area (Å²) in [5, 5.41) is 0. The molecule has 0 N–H and O–H groups in total. The SMILES string of the molecule is C[CH]c1ccc(I)cc1I. The molecule has 53 valence electrons. The van der Waals surface area contributed by atoms with Gasteiger partial charge in [0.25, 0.3) is 0 Å². The Morgan fingerprint density at radius 3 is 2.50 bits per heavy atom. The van der Waals surface area contributed by atoms with Crippen LogP contribution in [0.15, 0.2) is 18.2 Å². The van der Waals surface area contributed by atoms with Crippen LogP contribution in [0.4, 0.5) is 0 Å². The maximum Gasteiger partial charge on any atom is 0.0175 e. The average molecular weight is 357 g/mol. The van der Waals surface area contributed by atoms with Crippen molar-refractivity contribution in [2.45, 2.75) is 6.92 Å². The predicted octanol–water partition coefficient (Wildman–Crippen LogP) is 3.47. The first-order chi connectivity index (χ1) is 4.74. The van der Waals surface area contributed by atoms with Crippen LogP contribution in [0.3, 0.4) is 0 Å². The molecule has 0 unspecified atom stereocenters. The molecule has 0 aliphatic rings. The largest absolute Gasteiger partial charge is 0.0578 e. The molecule has 1 aromatic rings. The van der Waals surface area contributed by atoms with E-state index in [1.165, 1.54) is 12.7 Å². The molecule has 0 saturated carbocycles. The van der Waals surface area contributed by atoms with Gasteiger partial charge in [-0.3, -0.25) is 0 Å². The Morgan fingerprint density at radius 2 is 2.00 bits per heavy atom. The monoisotopic (exact) mass is 357 g/mol. The first-order valence-electron chi connectivity index (χ1n) is 2.98. The lowest BCUT2D eigenvalue weighted by Gasteiger charge is -1.99. The van der Waals surface area contributed by atoms with Crippen molar-refractivity contribution in [1.82, 2.24) is 0 Å². The lowest BCUT2D eigenvalue weighted by molar-refractivity contribution is 1.38. The Labute approximate surface area is 88.7 Å². The van der Waals surface area contributed by atoms with Gasteiger partial charge in [0.15, 0.2) is 0 Å². The molecule has 0 fully saturated rings. The average Bonchev–Trinajstić information content (AvgIpc) is 1.88. The molecule has 0 aliphatic carbocycles. The molecule has 0 nitrogen and oxygen atoms in total. The fraction of sp³-hybridized carbons (Fsp3) is 0.125. The van der Waals surface area contributed by atoms with E-state index in [-0.39, 0.29) is 0 Å². The zero-order valence-electron chi connectivity index (χ0n) is 5.57. The molecule has 1 aromatic carbocycles. The van der Waals surface area contributed by atoms with Crippen molar-refractivity contribution in [1.29, 1.82) is 0 Å². The summed E-state index contributed by atoms with van der Waals surface area (Å²) in [5.41, 5.74) is 1.32. The van der Waals surface area contributed by atoms with E-state index >= 15 is 0 Å². The molecule has 0 aromatic heterocycles. The van der Waals surface area contributed by atoms with Gasteiger partial charge < -0.3 is 0 Å². The smallest absolute Gasteiger partial charge is 0.0175 e. The van der Waals surface area contributed by atoms with Gasteiger partial charge >= 0.3 is 0 Å². The summed E-state index contributed by atoms with van der Waals surface area (Å²) in [6.45, 7) is 2.06. The zero-order valence-corrected chi connectivity index (χ0v) is 9.88. The highest BCUT2D eigenvalue weighted by Crippen LogP contribution is 2.16. The quantitative estimate of drug-likeness (QED) is 0.676. The number of halogens is 2. The van der Waals surface area contributed by atoms with Gasteiger partial charge in [-0.2, -0.15) is 0 Å². The minimum Gasteiger partial charge on any atom is -0.0578 e. The first kappa shape index (κ1) is 8.77. The van der Waals surface area contributed by atoms with Crippen LogP contribution in [0.5, 0.6) is 0 Å². The second-order valence-electron chi connectivity index (χ2n) is 1.95. The Bertz CT molecular complexity index is 231. The van der Waals surface area contributed by atoms with Crippen LogP contribution >= 0.6 is 45.2 Å². The van der Waals surface area contributed by atoms with Gasteiger partial charge in [-0.05, 0) is 69.3 Å². The fourth-order valence-corrected chi connectivity index (χ4v) is 2.65. The zero-order chi connectivity index (χ0) is 7.56. The number of rotatable bonds is 1. The number of hydrogen-bond acceptors (Lipinski definition) is 0. The van der Waals surface area contributed by atoms with Gasteiger partial charge in [0.1, 0.15) is 0 Å². The van der Waals surface area contributed by atoms with E-state index in [1.54, 1.807) is 0 Å². The second kappa shape index (κ2) is 3.90. The lowest BCUT2D eigenvalue weighted by atomic mass is 10.2. The number of benzene rings is 1. The van der Waals surface area contributed by atoms with Crippen molar-refractivity contribution in [3.63, 3.8) is 0 Å². The Hall–Kier alpha value is 0.680. The van der Waals surface area contributed by atoms with Crippen LogP contribution in [0, 0.1) is 13.6 Å². The van der Waals surface area contributed by atoms with E-state index < -0.39 is 0 Å². The Balaban J connectivity index is 3.07. The van der Waals surface area contributed by atoms with E-state index in [1.807, 2.05) is 0 Å². The van der Waals surface area contributed by atoms with Gasteiger partial charge in [0.2, 0.25) is 0 Å². The molecule has 0 spiro atoms. The van der Waals surface area contributed by atoms with Gasteiger partial charge in [-0.1, -0.05) is 13.0 Å². The van der Waals surface area contributed by atoms with Crippen molar-refractivity contribution in [3.05, 3.63) is 37.3 Å². The molecule has 10 heavy (non-hydrogen) atoms. The molecule has 0 bridgehead atoms. The first-order valence-corrected chi connectivity index (χ1v) is 5.14. The highest BCUT2D eigenvalue weighted by atomic mass is 127. The highest BCUT2D eigenvalue weighted by Gasteiger charge is 1.95. The Morgan fingerprint density at radius 1 is 1.30 bits per heavy atom. The number of hydrogen-bond donors (Lipinski definition) is 0. The molecule has 2 heteroatoms. The van der Waals surface area contributed by atoms with Crippen molar-refractivity contribution in [2.75, 3.05) is 0 Å². The van der Waals surface area contributed by atoms with E-state index in [0.29, 0.717) is 0 Å². The normalized spacial score (nSPS) is 9.90. The Kier molecular flexibility index (Phi) is 3.42. The third kappa shape index (κ3) is 2.08. The van der Waals surface area contributed by atoms with E-state index in [9.17, 15) is 0 Å². The van der Waals surface area contributed by atoms with Gasteiger partial charge in [-0.15, -0.1) is 0 Å². The molecule has 0 heterocycles. The third-order valence-corrected chi connectivity index (χ3v) is 2.88. The molecular weight excluding hydrogens is 350 g/mol. The summed E-state index contributed by atoms with van der Waals surface area (Å²) in [5.74, 6) is 0. The van der Waals surface area contributed by atoms with Crippen molar-refractivity contribution in [3.8, 4) is 0 Å². The van der Waals surface area contributed by atoms with Crippen molar-refractivity contribution in [2.24, 2.45) is 0 Å². The van der Waals surface area contributed by atoms with E-state index in [0.717, 1.165) is 0 Å². The van der Waals surface area contributed by atoms with Gasteiger partial charge in [0, 0.05) is 7.14 Å². The summed E-state index contributed by atoms with van der Waals surface area (Å²) < 4.78 is 2.62. The fourth-order valence-electron chi connectivity index (χ4n) is 0.736. The van der Waals surface area contributed by atoms with Gasteiger partial charge in [-0.25, -0.2) is 0 Å². The maximum atomic E-state index is 2.35. The van der Waals surface area contributed by atoms with E-state index in [4.69, 9.17) is 0 Å². The minimum absolute atomic E-state index is 1.30. The molecule has 0 atom stereocenters. The minimum atomic E-state index is 1.30. The summed E-state index contributed by atoms with van der Waals surface area (Å²) in [6, 6.07) is 6.44. The predicted molar refractivity (Wildman–Crippen MR) is 61.0 cm³/mol. The summed E-state index contributed by atoms with van der Waals surface area (Å²) in [7, 11) is 0. The molecule has 0 amide bonds. The second-order valence-corrected chi connectivity index (χ2v) is 4.36. The molecule has 1 rings (SSSR count). The van der Waals surface area contributed by atoms with E-state index in [2.05, 4.69) is 76.7 Å². The molecular formula is C8H7I2. The van der Waals surface area contributed by atoms with Crippen LogP contribution < -0.4 is 0 Å². The van der Waals surface area contributed by atoms with Gasteiger partial charge in [0.05, 0.1) is 0 Å². The van der Waals surface area contributed by atoms with Crippen LogP contribution in [0.1, 0.15) is 12.5 Å². The highest BCUT2D eigenvalue weighted by molar-refractivity contribution is 14.1. The third-order valence-electron chi connectivity index (χ3n) is 1.27. The molecule has 0 aliphatic heterocycles. The van der Waals surface area contributed by atoms with Crippen molar-refractivity contribution < 1.29 is 0 Å². The lowest BCUT2D eigenvalue weighted by Crippen LogP contribution is -1.83. The standard InChI is InChI=1S/C8H7I2/c1-2-6-3-4-7(9)5-8(6)10/h2-5H,1H3. The van der Waals surface area contributed by atoms with Crippen LogP contribution in [-0.2, 0) is 0 Å². The summed E-state index contributed by atoms with van der Waals surface area (Å²) >= 11 is 4.67. The van der Waals surface area contributed by atoms with Crippen molar-refractivity contribution >= 4 is 45.2 Å².